The van der Waals surface area contributed by atoms with E-state index in [0.717, 1.165) is 32.2 Å². The molecule has 16 heavy (non-hydrogen) atoms. The van der Waals surface area contributed by atoms with Gasteiger partial charge in [0.15, 0.2) is 0 Å². The fourth-order valence-corrected chi connectivity index (χ4v) is 2.83. The van der Waals surface area contributed by atoms with Gasteiger partial charge in [-0.1, -0.05) is 26.0 Å². The number of hydrogen-bond acceptors (Lipinski definition) is 1. The largest absolute Gasteiger partial charge is 0.338 e. The van der Waals surface area contributed by atoms with Gasteiger partial charge in [0.25, 0.3) is 0 Å². The third-order valence-corrected chi connectivity index (χ3v) is 3.56. The lowest BCUT2D eigenvalue weighted by Crippen LogP contribution is -2.50. The van der Waals surface area contributed by atoms with Crippen LogP contribution in [0.4, 0.5) is 4.79 Å². The van der Waals surface area contributed by atoms with Gasteiger partial charge in [0.2, 0.25) is 0 Å². The van der Waals surface area contributed by atoms with Crippen LogP contribution >= 0.6 is 0 Å². The number of urea groups is 1. The van der Waals surface area contributed by atoms with Crippen LogP contribution in [0, 0.1) is 5.92 Å². The molecule has 2 heterocycles. The van der Waals surface area contributed by atoms with E-state index in [0.29, 0.717) is 18.0 Å². The highest BCUT2D eigenvalue weighted by Crippen LogP contribution is 2.37. The van der Waals surface area contributed by atoms with Crippen LogP contribution in [-0.2, 0) is 0 Å². The fourth-order valence-electron chi connectivity index (χ4n) is 2.83. The van der Waals surface area contributed by atoms with Crippen molar-refractivity contribution in [3.05, 3.63) is 12.2 Å². The molecule has 0 radical (unpaired) electrons. The lowest BCUT2D eigenvalue weighted by Gasteiger charge is -2.36. The highest BCUT2D eigenvalue weighted by Gasteiger charge is 2.40. The zero-order chi connectivity index (χ0) is 11.7. The predicted octanol–water partition coefficient (Wildman–Crippen LogP) is 2.54. The maximum atomic E-state index is 12.1. The van der Waals surface area contributed by atoms with Crippen molar-refractivity contribution in [2.24, 2.45) is 5.92 Å². The highest BCUT2D eigenvalue weighted by molar-refractivity contribution is 5.75. The van der Waals surface area contributed by atoms with Gasteiger partial charge in [-0.2, -0.15) is 0 Å². The Morgan fingerprint density at radius 1 is 1.44 bits per heavy atom. The second-order valence-electron chi connectivity index (χ2n) is 5.53. The minimum atomic E-state index is 0.133. The first-order valence-corrected chi connectivity index (χ1v) is 6.30. The van der Waals surface area contributed by atoms with Crippen LogP contribution in [0.1, 0.15) is 39.5 Å². The Morgan fingerprint density at radius 2 is 2.00 bits per heavy atom. The highest BCUT2D eigenvalue weighted by atomic mass is 16.2. The molecule has 2 bridgehead atoms. The van der Waals surface area contributed by atoms with Gasteiger partial charge in [-0.05, 0) is 31.6 Å². The van der Waals surface area contributed by atoms with Crippen molar-refractivity contribution < 1.29 is 4.79 Å². The summed E-state index contributed by atoms with van der Waals surface area (Å²) < 4.78 is 0. The smallest absolute Gasteiger partial charge is 0.317 e. The Hall–Kier alpha value is -0.990. The molecule has 2 unspecified atom stereocenters. The molecule has 1 N–H and O–H groups in total. The summed E-state index contributed by atoms with van der Waals surface area (Å²) in [5.41, 5.74) is 1.32. The fraction of sp³-hybridized carbons (Fsp3) is 0.769. The summed E-state index contributed by atoms with van der Waals surface area (Å²) in [5.74, 6) is 0.515. The molecule has 2 fully saturated rings. The Balaban J connectivity index is 1.95. The van der Waals surface area contributed by atoms with Crippen molar-refractivity contribution in [2.45, 2.75) is 51.6 Å². The third kappa shape index (κ3) is 2.23. The van der Waals surface area contributed by atoms with Gasteiger partial charge in [0.05, 0.1) is 0 Å². The summed E-state index contributed by atoms with van der Waals surface area (Å²) in [4.78, 5) is 14.1. The van der Waals surface area contributed by atoms with Crippen LogP contribution in [0.3, 0.4) is 0 Å². The van der Waals surface area contributed by atoms with Crippen molar-refractivity contribution >= 4 is 6.03 Å². The lowest BCUT2D eigenvalue weighted by molar-refractivity contribution is 0.160. The van der Waals surface area contributed by atoms with E-state index < -0.39 is 0 Å². The summed E-state index contributed by atoms with van der Waals surface area (Å²) in [5, 5.41) is 3.02. The van der Waals surface area contributed by atoms with Crippen LogP contribution in [-0.4, -0.2) is 29.6 Å². The van der Waals surface area contributed by atoms with Gasteiger partial charge >= 0.3 is 6.03 Å². The number of carbonyl (C=O) groups excluding carboxylic acids is 1. The third-order valence-electron chi connectivity index (χ3n) is 3.56. The summed E-state index contributed by atoms with van der Waals surface area (Å²) >= 11 is 0. The molecule has 0 aromatic rings. The molecule has 2 aliphatic rings. The zero-order valence-corrected chi connectivity index (χ0v) is 10.3. The standard InChI is InChI=1S/C13H22N2O/c1-9(2)8-14-13(16)15-11-4-5-12(15)7-10(3)6-11/h9,11-12H,3-8H2,1-2H3,(H,14,16). The van der Waals surface area contributed by atoms with Crippen molar-refractivity contribution in [3.8, 4) is 0 Å². The van der Waals surface area contributed by atoms with Crippen molar-refractivity contribution in [1.82, 2.24) is 10.2 Å². The maximum absolute atomic E-state index is 12.1. The average molecular weight is 222 g/mol. The summed E-state index contributed by atoms with van der Waals surface area (Å²) in [7, 11) is 0. The molecular weight excluding hydrogens is 200 g/mol. The Morgan fingerprint density at radius 3 is 2.50 bits per heavy atom. The molecule has 0 aliphatic carbocycles. The van der Waals surface area contributed by atoms with Crippen molar-refractivity contribution in [3.63, 3.8) is 0 Å². The number of nitrogens with zero attached hydrogens (tertiary/aromatic N) is 1. The SMILES string of the molecule is C=C1CC2CCC(C1)N2C(=O)NCC(C)C. The summed E-state index contributed by atoms with van der Waals surface area (Å²) in [6.45, 7) is 9.07. The lowest BCUT2D eigenvalue weighted by atomic mass is 9.99. The number of fused-ring (bicyclic) bond motifs is 2. The number of piperidine rings is 1. The van der Waals surface area contributed by atoms with Crippen LogP contribution in [0.25, 0.3) is 0 Å². The van der Waals surface area contributed by atoms with E-state index in [1.807, 2.05) is 0 Å². The number of hydrogen-bond donors (Lipinski definition) is 1. The number of carbonyl (C=O) groups is 1. The van der Waals surface area contributed by atoms with Gasteiger partial charge in [-0.25, -0.2) is 4.79 Å². The number of nitrogens with one attached hydrogen (secondary N) is 1. The Bertz CT molecular complexity index is 282. The second-order valence-corrected chi connectivity index (χ2v) is 5.53. The maximum Gasteiger partial charge on any atom is 0.317 e. The minimum Gasteiger partial charge on any atom is -0.338 e. The van der Waals surface area contributed by atoms with Gasteiger partial charge in [-0.3, -0.25) is 0 Å². The van der Waals surface area contributed by atoms with Crippen molar-refractivity contribution in [1.29, 1.82) is 0 Å². The van der Waals surface area contributed by atoms with E-state index in [1.54, 1.807) is 0 Å². The molecule has 3 nitrogen and oxygen atoms in total. The average Bonchev–Trinajstić information content (AvgIpc) is 2.48. The normalized spacial score (nSPS) is 28.7. The zero-order valence-electron chi connectivity index (χ0n) is 10.3. The van der Waals surface area contributed by atoms with Crippen LogP contribution in [0.5, 0.6) is 0 Å². The second kappa shape index (κ2) is 4.48. The Labute approximate surface area is 97.9 Å². The van der Waals surface area contributed by atoms with Gasteiger partial charge < -0.3 is 10.2 Å². The summed E-state index contributed by atoms with van der Waals surface area (Å²) in [6.07, 6.45) is 4.31. The molecule has 0 aromatic carbocycles. The first-order valence-electron chi connectivity index (χ1n) is 6.30. The molecule has 0 spiro atoms. The van der Waals surface area contributed by atoms with E-state index in [4.69, 9.17) is 0 Å². The molecule has 90 valence electrons. The van der Waals surface area contributed by atoms with E-state index >= 15 is 0 Å². The topological polar surface area (TPSA) is 32.3 Å². The quantitative estimate of drug-likeness (QED) is 0.715. The molecular formula is C13H22N2O. The monoisotopic (exact) mass is 222 g/mol. The molecule has 2 saturated heterocycles. The Kier molecular flexibility index (Phi) is 3.22. The molecule has 2 rings (SSSR count). The molecule has 2 amide bonds. The first kappa shape index (κ1) is 11.5. The number of rotatable bonds is 2. The molecule has 0 saturated carbocycles. The first-order chi connectivity index (χ1) is 7.58. The van der Waals surface area contributed by atoms with Gasteiger partial charge in [-0.15, -0.1) is 0 Å². The predicted molar refractivity (Wildman–Crippen MR) is 65.3 cm³/mol. The van der Waals surface area contributed by atoms with Gasteiger partial charge in [0.1, 0.15) is 0 Å². The molecule has 2 aliphatic heterocycles. The van der Waals surface area contributed by atoms with E-state index in [1.165, 1.54) is 5.57 Å². The molecule has 2 atom stereocenters. The van der Waals surface area contributed by atoms with E-state index in [-0.39, 0.29) is 6.03 Å². The van der Waals surface area contributed by atoms with Crippen LogP contribution in [0.15, 0.2) is 12.2 Å². The molecule has 3 heteroatoms. The van der Waals surface area contributed by atoms with E-state index in [2.05, 4.69) is 30.6 Å². The van der Waals surface area contributed by atoms with Crippen LogP contribution < -0.4 is 5.32 Å². The van der Waals surface area contributed by atoms with Gasteiger partial charge in [0, 0.05) is 18.6 Å². The molecule has 0 aromatic heterocycles. The van der Waals surface area contributed by atoms with Crippen molar-refractivity contribution in [2.75, 3.05) is 6.54 Å². The summed E-state index contributed by atoms with van der Waals surface area (Å²) in [6, 6.07) is 0.963. The minimum absolute atomic E-state index is 0.133. The number of amides is 2. The van der Waals surface area contributed by atoms with E-state index in [9.17, 15) is 4.79 Å². The van der Waals surface area contributed by atoms with Crippen LogP contribution in [0.2, 0.25) is 0 Å².